The number of rotatable bonds is 2. The monoisotopic (exact) mass is 206 g/mol. The summed E-state index contributed by atoms with van der Waals surface area (Å²) in [4.78, 5) is 4.18. The van der Waals surface area contributed by atoms with Crippen molar-refractivity contribution < 1.29 is 8.78 Å². The van der Waals surface area contributed by atoms with E-state index in [9.17, 15) is 8.78 Å². The van der Waals surface area contributed by atoms with Crippen molar-refractivity contribution in [3.63, 3.8) is 0 Å². The summed E-state index contributed by atoms with van der Waals surface area (Å²) in [6.07, 6.45) is 0.126. The third-order valence-electron chi connectivity index (χ3n) is 2.27. The molecule has 0 radical (unpaired) electrons. The molecule has 2 nitrogen and oxygen atoms in total. The standard InChI is InChI=1S/C8H12F2N2S/c9-8(10)3-6(4-8)5-13-7-11-1-2-12-7/h6H,1-5H2,(H,11,12). The van der Waals surface area contributed by atoms with E-state index in [4.69, 9.17) is 0 Å². The summed E-state index contributed by atoms with van der Waals surface area (Å²) in [7, 11) is 0. The second-order valence-corrected chi connectivity index (χ2v) is 4.56. The van der Waals surface area contributed by atoms with Crippen LogP contribution in [-0.4, -0.2) is 29.9 Å². The molecular weight excluding hydrogens is 194 g/mol. The zero-order valence-electron chi connectivity index (χ0n) is 7.22. The molecule has 13 heavy (non-hydrogen) atoms. The minimum absolute atomic E-state index is 0.0628. The van der Waals surface area contributed by atoms with E-state index >= 15 is 0 Å². The third-order valence-corrected chi connectivity index (χ3v) is 3.46. The number of hydrogen-bond donors (Lipinski definition) is 1. The molecule has 2 rings (SSSR count). The van der Waals surface area contributed by atoms with Crippen LogP contribution in [0.25, 0.3) is 0 Å². The van der Waals surface area contributed by atoms with Gasteiger partial charge in [-0.25, -0.2) is 8.78 Å². The van der Waals surface area contributed by atoms with E-state index in [1.54, 1.807) is 11.8 Å². The fourth-order valence-electron chi connectivity index (χ4n) is 1.57. The molecule has 0 amide bonds. The molecule has 1 saturated carbocycles. The fourth-order valence-corrected chi connectivity index (χ4v) is 2.59. The molecule has 5 heteroatoms. The Morgan fingerprint density at radius 1 is 1.54 bits per heavy atom. The number of halogens is 2. The van der Waals surface area contributed by atoms with Crippen molar-refractivity contribution in [3.8, 4) is 0 Å². The van der Waals surface area contributed by atoms with Crippen LogP contribution in [0.15, 0.2) is 4.99 Å². The van der Waals surface area contributed by atoms with Crippen LogP contribution in [0.1, 0.15) is 12.8 Å². The van der Waals surface area contributed by atoms with E-state index in [-0.39, 0.29) is 18.8 Å². The Bertz CT molecular complexity index is 222. The number of hydrogen-bond acceptors (Lipinski definition) is 3. The van der Waals surface area contributed by atoms with Crippen molar-refractivity contribution in [2.75, 3.05) is 18.8 Å². The fraction of sp³-hybridized carbons (Fsp3) is 0.875. The van der Waals surface area contributed by atoms with Gasteiger partial charge in [-0.3, -0.25) is 4.99 Å². The van der Waals surface area contributed by atoms with E-state index < -0.39 is 5.92 Å². The maximum atomic E-state index is 12.4. The molecule has 1 N–H and O–H groups in total. The summed E-state index contributed by atoms with van der Waals surface area (Å²) >= 11 is 1.57. The highest BCUT2D eigenvalue weighted by molar-refractivity contribution is 8.13. The van der Waals surface area contributed by atoms with Gasteiger partial charge >= 0.3 is 0 Å². The molecule has 0 atom stereocenters. The van der Waals surface area contributed by atoms with Gasteiger partial charge in [0.15, 0.2) is 5.17 Å². The lowest BCUT2D eigenvalue weighted by atomic mass is 9.83. The number of thioether (sulfide) groups is 1. The molecule has 1 fully saturated rings. The van der Waals surface area contributed by atoms with Crippen LogP contribution in [0, 0.1) is 5.92 Å². The smallest absolute Gasteiger partial charge is 0.248 e. The number of nitrogens with zero attached hydrogens (tertiary/aromatic N) is 1. The lowest BCUT2D eigenvalue weighted by Gasteiger charge is -2.34. The first-order chi connectivity index (χ1) is 6.16. The van der Waals surface area contributed by atoms with E-state index in [2.05, 4.69) is 10.3 Å². The molecular formula is C8H12F2N2S. The molecule has 2 aliphatic rings. The first kappa shape index (κ1) is 9.24. The number of nitrogens with one attached hydrogen (secondary N) is 1. The van der Waals surface area contributed by atoms with Gasteiger partial charge in [-0.05, 0) is 5.92 Å². The number of amidine groups is 1. The summed E-state index contributed by atoms with van der Waals surface area (Å²) in [5, 5.41) is 4.03. The van der Waals surface area contributed by atoms with Crippen molar-refractivity contribution in [2.24, 2.45) is 10.9 Å². The highest BCUT2D eigenvalue weighted by Gasteiger charge is 2.44. The Kier molecular flexibility index (Phi) is 2.45. The molecule has 0 aromatic carbocycles. The van der Waals surface area contributed by atoms with Crippen LogP contribution >= 0.6 is 11.8 Å². The summed E-state index contributed by atoms with van der Waals surface area (Å²) in [6.45, 7) is 1.71. The van der Waals surface area contributed by atoms with Crippen molar-refractivity contribution in [1.82, 2.24) is 5.32 Å². The van der Waals surface area contributed by atoms with Crippen LogP contribution in [0.5, 0.6) is 0 Å². The predicted octanol–water partition coefficient (Wildman–Crippen LogP) is 1.72. The highest BCUT2D eigenvalue weighted by atomic mass is 32.2. The summed E-state index contributed by atoms with van der Waals surface area (Å²) in [5.41, 5.74) is 0. The van der Waals surface area contributed by atoms with Gasteiger partial charge in [0.2, 0.25) is 5.92 Å². The minimum Gasteiger partial charge on any atom is -0.363 e. The Labute approximate surface area is 80.2 Å². The maximum absolute atomic E-state index is 12.4. The predicted molar refractivity (Wildman–Crippen MR) is 50.4 cm³/mol. The average Bonchev–Trinajstić information content (AvgIpc) is 2.48. The number of aliphatic imine (C=N–C) groups is 1. The maximum Gasteiger partial charge on any atom is 0.248 e. The average molecular weight is 206 g/mol. The van der Waals surface area contributed by atoms with Gasteiger partial charge in [0.05, 0.1) is 6.54 Å². The first-order valence-corrected chi connectivity index (χ1v) is 5.43. The second-order valence-electron chi connectivity index (χ2n) is 3.55. The lowest BCUT2D eigenvalue weighted by molar-refractivity contribution is -0.103. The van der Waals surface area contributed by atoms with Gasteiger partial charge in [-0.1, -0.05) is 11.8 Å². The zero-order chi connectivity index (χ0) is 9.31. The van der Waals surface area contributed by atoms with Gasteiger partial charge < -0.3 is 5.32 Å². The lowest BCUT2D eigenvalue weighted by Crippen LogP contribution is -2.37. The molecule has 74 valence electrons. The molecule has 0 aromatic heterocycles. The van der Waals surface area contributed by atoms with Gasteiger partial charge in [0, 0.05) is 25.1 Å². The van der Waals surface area contributed by atoms with Crippen LogP contribution in [-0.2, 0) is 0 Å². The second kappa shape index (κ2) is 3.44. The van der Waals surface area contributed by atoms with Crippen molar-refractivity contribution in [2.45, 2.75) is 18.8 Å². The summed E-state index contributed by atoms with van der Waals surface area (Å²) < 4.78 is 24.9. The van der Waals surface area contributed by atoms with Gasteiger partial charge in [0.25, 0.3) is 0 Å². The van der Waals surface area contributed by atoms with E-state index in [0.717, 1.165) is 24.0 Å². The molecule has 1 heterocycles. The normalized spacial score (nSPS) is 26.5. The topological polar surface area (TPSA) is 24.4 Å². The molecule has 1 aliphatic heterocycles. The Morgan fingerprint density at radius 3 is 2.85 bits per heavy atom. The van der Waals surface area contributed by atoms with E-state index in [1.807, 2.05) is 0 Å². The largest absolute Gasteiger partial charge is 0.363 e. The molecule has 0 spiro atoms. The molecule has 0 bridgehead atoms. The van der Waals surface area contributed by atoms with Crippen molar-refractivity contribution in [1.29, 1.82) is 0 Å². The quantitative estimate of drug-likeness (QED) is 0.744. The minimum atomic E-state index is -2.38. The molecule has 0 aromatic rings. The zero-order valence-corrected chi connectivity index (χ0v) is 8.04. The molecule has 0 saturated heterocycles. The van der Waals surface area contributed by atoms with Crippen LogP contribution in [0.3, 0.4) is 0 Å². The van der Waals surface area contributed by atoms with Gasteiger partial charge in [-0.15, -0.1) is 0 Å². The molecule has 1 aliphatic carbocycles. The Morgan fingerprint density at radius 2 is 2.31 bits per heavy atom. The number of alkyl halides is 2. The SMILES string of the molecule is FC1(F)CC(CSC2=NCCN2)C1. The highest BCUT2D eigenvalue weighted by Crippen LogP contribution is 2.43. The van der Waals surface area contributed by atoms with E-state index in [1.165, 1.54) is 0 Å². The van der Waals surface area contributed by atoms with Crippen LogP contribution < -0.4 is 5.32 Å². The van der Waals surface area contributed by atoms with Crippen molar-refractivity contribution in [3.05, 3.63) is 0 Å². The van der Waals surface area contributed by atoms with E-state index in [0.29, 0.717) is 0 Å². The molecule has 0 unspecified atom stereocenters. The van der Waals surface area contributed by atoms with Crippen LogP contribution in [0.4, 0.5) is 8.78 Å². The van der Waals surface area contributed by atoms with Gasteiger partial charge in [0.1, 0.15) is 0 Å². The summed E-state index contributed by atoms with van der Waals surface area (Å²) in [6, 6.07) is 0. The third kappa shape index (κ3) is 2.33. The van der Waals surface area contributed by atoms with Crippen LogP contribution in [0.2, 0.25) is 0 Å². The first-order valence-electron chi connectivity index (χ1n) is 4.45. The Hall–Kier alpha value is -0.320. The Balaban J connectivity index is 1.64. The summed E-state index contributed by atoms with van der Waals surface area (Å²) in [5.74, 6) is -1.41. The van der Waals surface area contributed by atoms with Gasteiger partial charge in [-0.2, -0.15) is 0 Å². The van der Waals surface area contributed by atoms with Crippen molar-refractivity contribution >= 4 is 16.9 Å².